The number of benzene rings is 1. The maximum Gasteiger partial charge on any atom is 0.416 e. The van der Waals surface area contributed by atoms with E-state index in [-0.39, 0.29) is 23.3 Å². The van der Waals surface area contributed by atoms with Gasteiger partial charge in [0.05, 0.1) is 24.6 Å². The highest BCUT2D eigenvalue weighted by Crippen LogP contribution is 2.32. The molecule has 10 heteroatoms. The second-order valence-corrected chi connectivity index (χ2v) is 8.35. The number of rotatable bonds is 8. The van der Waals surface area contributed by atoms with Gasteiger partial charge < -0.3 is 14.2 Å². The van der Waals surface area contributed by atoms with E-state index in [1.54, 1.807) is 0 Å². The zero-order valence-electron chi connectivity index (χ0n) is 18.6. The normalized spacial score (nSPS) is 16.5. The highest BCUT2D eigenvalue weighted by Gasteiger charge is 2.31. The number of halogens is 3. The number of ether oxygens (including phenoxy) is 1. The Morgan fingerprint density at radius 2 is 1.91 bits per heavy atom. The Bertz CT molecular complexity index is 893. The van der Waals surface area contributed by atoms with Crippen LogP contribution in [0.25, 0.3) is 11.4 Å². The summed E-state index contributed by atoms with van der Waals surface area (Å²) in [5.74, 6) is 0.965. The summed E-state index contributed by atoms with van der Waals surface area (Å²) >= 11 is 0. The SMILES string of the molecule is CC(C)COCCC(=O)N1CCN(C(C)c2nc(-c3cccc(C(F)(F)F)c3)no2)CC1. The lowest BCUT2D eigenvalue weighted by molar-refractivity contribution is -0.137. The van der Waals surface area contributed by atoms with E-state index < -0.39 is 11.7 Å². The Labute approximate surface area is 185 Å². The highest BCUT2D eigenvalue weighted by atomic mass is 19.4. The minimum atomic E-state index is -4.44. The van der Waals surface area contributed by atoms with Crippen LogP contribution in [0.4, 0.5) is 13.2 Å². The molecule has 176 valence electrons. The summed E-state index contributed by atoms with van der Waals surface area (Å²) in [6, 6.07) is 4.64. The van der Waals surface area contributed by atoms with Crippen molar-refractivity contribution in [3.8, 4) is 11.4 Å². The van der Waals surface area contributed by atoms with Crippen LogP contribution in [0.2, 0.25) is 0 Å². The zero-order valence-corrected chi connectivity index (χ0v) is 18.6. The van der Waals surface area contributed by atoms with Gasteiger partial charge in [-0.05, 0) is 25.0 Å². The molecule has 1 aliphatic heterocycles. The van der Waals surface area contributed by atoms with E-state index in [1.807, 2.05) is 11.8 Å². The predicted octanol–water partition coefficient (Wildman–Crippen LogP) is 4.02. The van der Waals surface area contributed by atoms with Gasteiger partial charge in [-0.2, -0.15) is 18.2 Å². The maximum atomic E-state index is 13.0. The van der Waals surface area contributed by atoms with Crippen molar-refractivity contribution in [2.45, 2.75) is 39.4 Å². The maximum absolute atomic E-state index is 13.0. The zero-order chi connectivity index (χ0) is 23.3. The lowest BCUT2D eigenvalue weighted by atomic mass is 10.1. The van der Waals surface area contributed by atoms with Crippen molar-refractivity contribution in [3.05, 3.63) is 35.7 Å². The van der Waals surface area contributed by atoms with E-state index in [0.717, 1.165) is 12.1 Å². The quantitative estimate of drug-likeness (QED) is 0.561. The number of carbonyl (C=O) groups excluding carboxylic acids is 1. The third-order valence-electron chi connectivity index (χ3n) is 5.37. The molecule has 1 aromatic carbocycles. The van der Waals surface area contributed by atoms with Gasteiger partial charge in [0.1, 0.15) is 0 Å². The van der Waals surface area contributed by atoms with Crippen molar-refractivity contribution in [2.75, 3.05) is 39.4 Å². The molecule has 0 spiro atoms. The molecule has 0 saturated carbocycles. The molecule has 1 atom stereocenters. The first kappa shape index (κ1) is 24.2. The molecular formula is C22H29F3N4O3. The van der Waals surface area contributed by atoms with Crippen molar-refractivity contribution < 1.29 is 27.2 Å². The van der Waals surface area contributed by atoms with Crippen LogP contribution >= 0.6 is 0 Å². The lowest BCUT2D eigenvalue weighted by Gasteiger charge is -2.36. The predicted molar refractivity (Wildman–Crippen MR) is 112 cm³/mol. The summed E-state index contributed by atoms with van der Waals surface area (Å²) in [6.45, 7) is 9.55. The van der Waals surface area contributed by atoms with Crippen molar-refractivity contribution in [3.63, 3.8) is 0 Å². The largest absolute Gasteiger partial charge is 0.416 e. The number of hydrogen-bond donors (Lipinski definition) is 0. The molecule has 3 rings (SSSR count). The molecule has 1 fully saturated rings. The van der Waals surface area contributed by atoms with Crippen LogP contribution in [0.15, 0.2) is 28.8 Å². The van der Waals surface area contributed by atoms with E-state index in [1.165, 1.54) is 12.1 Å². The fraction of sp³-hybridized carbons (Fsp3) is 0.591. The molecule has 1 amide bonds. The summed E-state index contributed by atoms with van der Waals surface area (Å²) in [6.07, 6.45) is -4.07. The number of carbonyl (C=O) groups is 1. The molecule has 1 unspecified atom stereocenters. The molecule has 2 aromatic rings. The number of aromatic nitrogens is 2. The second kappa shape index (κ2) is 10.4. The Balaban J connectivity index is 1.53. The Morgan fingerprint density at radius 3 is 2.56 bits per heavy atom. The van der Waals surface area contributed by atoms with E-state index >= 15 is 0 Å². The van der Waals surface area contributed by atoms with Crippen LogP contribution in [0.3, 0.4) is 0 Å². The average Bonchev–Trinajstić information content (AvgIpc) is 3.26. The topological polar surface area (TPSA) is 71.7 Å². The van der Waals surface area contributed by atoms with Crippen LogP contribution in [0.5, 0.6) is 0 Å². The summed E-state index contributed by atoms with van der Waals surface area (Å²) in [7, 11) is 0. The Hall–Kier alpha value is -2.46. The minimum Gasteiger partial charge on any atom is -0.381 e. The van der Waals surface area contributed by atoms with Gasteiger partial charge in [0.25, 0.3) is 0 Å². The first-order valence-electron chi connectivity index (χ1n) is 10.8. The minimum absolute atomic E-state index is 0.0747. The number of nitrogens with zero attached hydrogens (tertiary/aromatic N) is 4. The van der Waals surface area contributed by atoms with Crippen molar-refractivity contribution in [1.82, 2.24) is 19.9 Å². The Kier molecular flexibility index (Phi) is 7.89. The molecule has 0 N–H and O–H groups in total. The lowest BCUT2D eigenvalue weighted by Crippen LogP contribution is -2.49. The number of hydrogen-bond acceptors (Lipinski definition) is 6. The molecular weight excluding hydrogens is 425 g/mol. The van der Waals surface area contributed by atoms with E-state index in [9.17, 15) is 18.0 Å². The summed E-state index contributed by atoms with van der Waals surface area (Å²) in [4.78, 5) is 20.6. The molecule has 0 aliphatic carbocycles. The van der Waals surface area contributed by atoms with Gasteiger partial charge in [-0.15, -0.1) is 0 Å². The molecule has 32 heavy (non-hydrogen) atoms. The third kappa shape index (κ3) is 6.29. The van der Waals surface area contributed by atoms with Crippen LogP contribution in [0.1, 0.15) is 44.7 Å². The first-order valence-corrected chi connectivity index (χ1v) is 10.8. The van der Waals surface area contributed by atoms with Gasteiger partial charge in [0.15, 0.2) is 0 Å². The number of alkyl halides is 3. The standard InChI is InChI=1S/C22H29F3N4O3/c1-15(2)14-31-12-7-19(30)29-10-8-28(9-11-29)16(3)21-26-20(27-32-21)17-5-4-6-18(13-17)22(23,24)25/h4-6,13,15-16H,7-12,14H2,1-3H3. The molecule has 1 aromatic heterocycles. The molecule has 1 saturated heterocycles. The van der Waals surface area contributed by atoms with Gasteiger partial charge in [-0.3, -0.25) is 9.69 Å². The number of piperazine rings is 1. The molecule has 7 nitrogen and oxygen atoms in total. The van der Waals surface area contributed by atoms with Gasteiger partial charge in [-0.25, -0.2) is 0 Å². The first-order chi connectivity index (χ1) is 15.1. The van der Waals surface area contributed by atoms with Gasteiger partial charge in [-0.1, -0.05) is 31.1 Å². The molecule has 2 heterocycles. The average molecular weight is 454 g/mol. The fourth-order valence-electron chi connectivity index (χ4n) is 3.51. The third-order valence-corrected chi connectivity index (χ3v) is 5.37. The highest BCUT2D eigenvalue weighted by molar-refractivity contribution is 5.76. The van der Waals surface area contributed by atoms with Crippen molar-refractivity contribution >= 4 is 5.91 Å². The Morgan fingerprint density at radius 1 is 1.19 bits per heavy atom. The summed E-state index contributed by atoms with van der Waals surface area (Å²) < 4.78 is 49.7. The molecule has 1 aliphatic rings. The van der Waals surface area contributed by atoms with Crippen LogP contribution in [-0.4, -0.2) is 65.2 Å². The van der Waals surface area contributed by atoms with E-state index in [0.29, 0.717) is 57.6 Å². The summed E-state index contributed by atoms with van der Waals surface area (Å²) in [5, 5.41) is 3.86. The smallest absolute Gasteiger partial charge is 0.381 e. The molecule has 0 bridgehead atoms. The number of amides is 1. The van der Waals surface area contributed by atoms with Crippen molar-refractivity contribution in [1.29, 1.82) is 0 Å². The van der Waals surface area contributed by atoms with Gasteiger partial charge in [0.2, 0.25) is 17.6 Å². The fourth-order valence-corrected chi connectivity index (χ4v) is 3.51. The summed E-state index contributed by atoms with van der Waals surface area (Å²) in [5.41, 5.74) is -0.512. The second-order valence-electron chi connectivity index (χ2n) is 8.35. The van der Waals surface area contributed by atoms with E-state index in [2.05, 4.69) is 28.9 Å². The van der Waals surface area contributed by atoms with Crippen molar-refractivity contribution in [2.24, 2.45) is 5.92 Å². The van der Waals surface area contributed by atoms with Gasteiger partial charge >= 0.3 is 6.18 Å². The molecule has 0 radical (unpaired) electrons. The van der Waals surface area contributed by atoms with Crippen LogP contribution in [0, 0.1) is 5.92 Å². The monoisotopic (exact) mass is 454 g/mol. The van der Waals surface area contributed by atoms with Crippen LogP contribution < -0.4 is 0 Å². The van der Waals surface area contributed by atoms with Crippen LogP contribution in [-0.2, 0) is 15.7 Å². The van der Waals surface area contributed by atoms with E-state index in [4.69, 9.17) is 9.26 Å². The van der Waals surface area contributed by atoms with Gasteiger partial charge in [0, 0.05) is 38.3 Å².